The lowest BCUT2D eigenvalue weighted by molar-refractivity contribution is 0.158. The normalized spacial score (nSPS) is 14.4. The van der Waals surface area contributed by atoms with E-state index in [-0.39, 0.29) is 0 Å². The van der Waals surface area contributed by atoms with Gasteiger partial charge in [0.2, 0.25) is 5.06 Å². The first-order chi connectivity index (χ1) is 18.2. The van der Waals surface area contributed by atoms with Gasteiger partial charge in [-0.25, -0.2) is 15.0 Å². The highest BCUT2D eigenvalue weighted by molar-refractivity contribution is 7.14. The average molecular weight is 516 g/mol. The minimum absolute atomic E-state index is 0.669. The van der Waals surface area contributed by atoms with Gasteiger partial charge in [0, 0.05) is 57.1 Å². The number of piperazine rings is 1. The minimum atomic E-state index is 0.669. The minimum Gasteiger partial charge on any atom is -0.444 e. The predicted octanol–water partition coefficient (Wildman–Crippen LogP) is 5.36. The summed E-state index contributed by atoms with van der Waals surface area (Å²) in [5.41, 5.74) is 2.92. The van der Waals surface area contributed by atoms with Crippen molar-refractivity contribution >= 4 is 28.7 Å². The lowest BCUT2D eigenvalue weighted by Crippen LogP contribution is -2.45. The van der Waals surface area contributed by atoms with Crippen molar-refractivity contribution in [3.05, 3.63) is 72.0 Å². The number of hydrogen-bond donors (Lipinski definition) is 2. The molecule has 1 aromatic carbocycles. The second-order valence-electron chi connectivity index (χ2n) is 9.07. The Morgan fingerprint density at radius 3 is 2.57 bits per heavy atom. The van der Waals surface area contributed by atoms with Gasteiger partial charge in [-0.3, -0.25) is 4.90 Å². The van der Waals surface area contributed by atoms with Crippen LogP contribution in [0, 0.1) is 0 Å². The fourth-order valence-electron chi connectivity index (χ4n) is 4.13. The van der Waals surface area contributed by atoms with Crippen LogP contribution < -0.4 is 15.4 Å². The van der Waals surface area contributed by atoms with Gasteiger partial charge in [-0.15, -0.1) is 0 Å². The smallest absolute Gasteiger partial charge is 0.208 e. The van der Waals surface area contributed by atoms with Gasteiger partial charge in [-0.05, 0) is 31.7 Å². The van der Waals surface area contributed by atoms with E-state index in [1.54, 1.807) is 17.5 Å². The molecule has 4 aromatic rings. The molecular formula is C28H33N7OS. The zero-order valence-electron chi connectivity index (χ0n) is 21.4. The molecule has 3 aromatic heterocycles. The highest BCUT2D eigenvalue weighted by Gasteiger charge is 2.15. The third kappa shape index (κ3) is 6.82. The van der Waals surface area contributed by atoms with Crippen molar-refractivity contribution in [1.82, 2.24) is 24.8 Å². The maximum absolute atomic E-state index is 6.28. The van der Waals surface area contributed by atoms with Crippen LogP contribution in [0.25, 0.3) is 11.3 Å². The summed E-state index contributed by atoms with van der Waals surface area (Å²) in [5, 5.41) is 8.57. The van der Waals surface area contributed by atoms with Gasteiger partial charge >= 0.3 is 0 Å². The van der Waals surface area contributed by atoms with Gasteiger partial charge in [0.25, 0.3) is 0 Å². The van der Waals surface area contributed by atoms with Crippen LogP contribution in [0.5, 0.6) is 10.8 Å². The zero-order chi connectivity index (χ0) is 25.5. The molecule has 0 amide bonds. The second-order valence-corrected chi connectivity index (χ2v) is 10.1. The molecule has 1 fully saturated rings. The van der Waals surface area contributed by atoms with Crippen LogP contribution in [0.1, 0.15) is 11.9 Å². The number of benzene rings is 1. The Bertz CT molecular complexity index is 1270. The molecule has 1 aliphatic heterocycles. The first-order valence-corrected chi connectivity index (χ1v) is 13.5. The molecule has 1 saturated heterocycles. The number of ether oxygens (including phenoxy) is 1. The predicted molar refractivity (Wildman–Crippen MR) is 151 cm³/mol. The van der Waals surface area contributed by atoms with E-state index in [0.717, 1.165) is 78.5 Å². The number of aryl methyl sites for hydroxylation is 1. The van der Waals surface area contributed by atoms with E-state index in [1.165, 1.54) is 0 Å². The molecule has 0 unspecified atom stereocenters. The Morgan fingerprint density at radius 1 is 0.973 bits per heavy atom. The lowest BCUT2D eigenvalue weighted by Gasteiger charge is -2.32. The molecule has 0 aliphatic carbocycles. The largest absolute Gasteiger partial charge is 0.444 e. The van der Waals surface area contributed by atoms with Crippen LogP contribution >= 0.6 is 11.3 Å². The highest BCUT2D eigenvalue weighted by Crippen LogP contribution is 2.38. The summed E-state index contributed by atoms with van der Waals surface area (Å²) in [5.74, 6) is 2.09. The van der Waals surface area contributed by atoms with Crippen molar-refractivity contribution in [2.45, 2.75) is 13.3 Å². The number of rotatable bonds is 10. The second kappa shape index (κ2) is 12.1. The van der Waals surface area contributed by atoms with Crippen molar-refractivity contribution in [1.29, 1.82) is 0 Å². The van der Waals surface area contributed by atoms with Gasteiger partial charge in [-0.1, -0.05) is 48.6 Å². The van der Waals surface area contributed by atoms with Crippen molar-refractivity contribution in [2.75, 3.05) is 56.9 Å². The summed E-state index contributed by atoms with van der Waals surface area (Å²) in [6.45, 7) is 8.59. The number of nitrogens with one attached hydrogen (secondary N) is 2. The summed E-state index contributed by atoms with van der Waals surface area (Å²) in [6, 6.07) is 17.9. The van der Waals surface area contributed by atoms with E-state index >= 15 is 0 Å². The van der Waals surface area contributed by atoms with Crippen LogP contribution in [0.15, 0.2) is 67.0 Å². The van der Waals surface area contributed by atoms with E-state index in [1.807, 2.05) is 48.7 Å². The first-order valence-electron chi connectivity index (χ1n) is 12.7. The Hall–Kier alpha value is -3.53. The van der Waals surface area contributed by atoms with E-state index in [0.29, 0.717) is 11.6 Å². The van der Waals surface area contributed by atoms with E-state index in [4.69, 9.17) is 9.72 Å². The highest BCUT2D eigenvalue weighted by atomic mass is 32.1. The maximum atomic E-state index is 6.28. The molecule has 4 heterocycles. The SMILES string of the molecule is CCc1nc(-c2ccccc2)c(Oc2ccnc(Nc3ccc(NCCN4CCN(C)CC4)cn3)c2)s1. The van der Waals surface area contributed by atoms with Crippen LogP contribution in [0.4, 0.5) is 17.3 Å². The van der Waals surface area contributed by atoms with Gasteiger partial charge in [0.15, 0.2) is 0 Å². The molecule has 0 spiro atoms. The Balaban J connectivity index is 1.19. The van der Waals surface area contributed by atoms with Crippen LogP contribution in [0.2, 0.25) is 0 Å². The van der Waals surface area contributed by atoms with Gasteiger partial charge in [0.05, 0.1) is 16.9 Å². The van der Waals surface area contributed by atoms with Crippen molar-refractivity contribution in [2.24, 2.45) is 0 Å². The number of thiazole rings is 1. The summed E-state index contributed by atoms with van der Waals surface area (Å²) >= 11 is 1.58. The standard InChI is InChI=1S/C28H33N7OS/c1-3-26-33-27(21-7-5-4-6-8-21)28(37-26)36-23-11-12-30-25(19-23)32-24-10-9-22(20-31-24)29-13-14-35-17-15-34(2)16-18-35/h4-12,19-20,29H,3,13-18H2,1-2H3,(H,30,31,32). The number of anilines is 3. The molecule has 8 nitrogen and oxygen atoms in total. The van der Waals surface area contributed by atoms with Crippen LogP contribution in [-0.2, 0) is 6.42 Å². The molecule has 0 atom stereocenters. The van der Waals surface area contributed by atoms with Crippen molar-refractivity contribution in [3.8, 4) is 22.1 Å². The van der Waals surface area contributed by atoms with Crippen LogP contribution in [0.3, 0.4) is 0 Å². The topological polar surface area (TPSA) is 78.4 Å². The first kappa shape index (κ1) is 25.1. The number of pyridine rings is 2. The van der Waals surface area contributed by atoms with Gasteiger partial charge in [0.1, 0.15) is 23.1 Å². The molecule has 0 bridgehead atoms. The van der Waals surface area contributed by atoms with E-state index in [9.17, 15) is 0 Å². The average Bonchev–Trinajstić information content (AvgIpc) is 3.34. The monoisotopic (exact) mass is 515 g/mol. The van der Waals surface area contributed by atoms with E-state index < -0.39 is 0 Å². The fraction of sp³-hybridized carbons (Fsp3) is 0.321. The quantitative estimate of drug-likeness (QED) is 0.292. The van der Waals surface area contributed by atoms with Crippen LogP contribution in [-0.4, -0.2) is 71.1 Å². The molecule has 5 rings (SSSR count). The van der Waals surface area contributed by atoms with Gasteiger partial charge in [-0.2, -0.15) is 0 Å². The number of likely N-dealkylation sites (N-methyl/N-ethyl adjacent to an activating group) is 1. The summed E-state index contributed by atoms with van der Waals surface area (Å²) in [6.07, 6.45) is 4.45. The molecule has 192 valence electrons. The number of hydrogen-bond acceptors (Lipinski definition) is 9. The van der Waals surface area contributed by atoms with Crippen molar-refractivity contribution in [3.63, 3.8) is 0 Å². The molecule has 37 heavy (non-hydrogen) atoms. The number of aromatic nitrogens is 3. The van der Waals surface area contributed by atoms with Gasteiger partial charge < -0.3 is 20.3 Å². The number of nitrogens with zero attached hydrogens (tertiary/aromatic N) is 5. The molecule has 0 saturated carbocycles. The Kier molecular flexibility index (Phi) is 8.25. The molecule has 0 radical (unpaired) electrons. The summed E-state index contributed by atoms with van der Waals surface area (Å²) in [7, 11) is 2.18. The fourth-order valence-corrected chi connectivity index (χ4v) is 5.02. The Morgan fingerprint density at radius 2 is 1.81 bits per heavy atom. The van der Waals surface area contributed by atoms with Crippen molar-refractivity contribution < 1.29 is 4.74 Å². The lowest BCUT2D eigenvalue weighted by atomic mass is 10.2. The summed E-state index contributed by atoms with van der Waals surface area (Å²) < 4.78 is 6.28. The molecule has 9 heteroatoms. The third-order valence-electron chi connectivity index (χ3n) is 6.30. The molecular weight excluding hydrogens is 482 g/mol. The molecule has 1 aliphatic rings. The maximum Gasteiger partial charge on any atom is 0.208 e. The molecule has 2 N–H and O–H groups in total. The van der Waals surface area contributed by atoms with E-state index in [2.05, 4.69) is 56.5 Å². The Labute approximate surface area is 222 Å². The summed E-state index contributed by atoms with van der Waals surface area (Å²) in [4.78, 5) is 18.6. The third-order valence-corrected chi connectivity index (χ3v) is 7.38. The zero-order valence-corrected chi connectivity index (χ0v) is 22.2.